The minimum atomic E-state index is 0.723. The zero-order valence-corrected chi connectivity index (χ0v) is 16.9. The summed E-state index contributed by atoms with van der Waals surface area (Å²) in [5.74, 6) is 2.61. The molecule has 0 saturated carbocycles. The van der Waals surface area contributed by atoms with E-state index in [9.17, 15) is 0 Å². The van der Waals surface area contributed by atoms with E-state index < -0.39 is 0 Å². The Bertz CT molecular complexity index is 1090. The van der Waals surface area contributed by atoms with Crippen molar-refractivity contribution in [3.63, 3.8) is 0 Å². The van der Waals surface area contributed by atoms with Crippen LogP contribution in [0, 0.1) is 0 Å². The van der Waals surface area contributed by atoms with Gasteiger partial charge in [-0.3, -0.25) is 0 Å². The third-order valence-corrected chi connectivity index (χ3v) is 5.55. The van der Waals surface area contributed by atoms with Crippen LogP contribution in [0.25, 0.3) is 21.3 Å². The molecule has 2 heterocycles. The zero-order chi connectivity index (χ0) is 19.5. The maximum atomic E-state index is 5.34. The quantitative estimate of drug-likeness (QED) is 0.462. The number of ether oxygens (including phenoxy) is 2. The lowest BCUT2D eigenvalue weighted by molar-refractivity contribution is 0.414. The Hall–Kier alpha value is -3.12. The SMILES string of the molecule is COc1ccc(-c2csc3ncnc(N(C)Cc4cccc(OC)c4)c23)cc1. The summed E-state index contributed by atoms with van der Waals surface area (Å²) in [6.07, 6.45) is 1.63. The van der Waals surface area contributed by atoms with E-state index in [-0.39, 0.29) is 0 Å². The van der Waals surface area contributed by atoms with E-state index in [1.165, 1.54) is 0 Å². The van der Waals surface area contributed by atoms with Crippen LogP contribution < -0.4 is 14.4 Å². The normalized spacial score (nSPS) is 10.8. The summed E-state index contributed by atoms with van der Waals surface area (Å²) >= 11 is 1.63. The third-order valence-electron chi connectivity index (χ3n) is 4.67. The van der Waals surface area contributed by atoms with Gasteiger partial charge in [-0.15, -0.1) is 11.3 Å². The van der Waals surface area contributed by atoms with Crippen LogP contribution in [0.5, 0.6) is 11.5 Å². The standard InChI is InChI=1S/C22H21N3O2S/c1-25(12-15-5-4-6-18(11-15)27-3)21-20-19(13-28-22(20)24-14-23-21)16-7-9-17(26-2)10-8-16/h4-11,13-14H,12H2,1-3H3. The highest BCUT2D eigenvalue weighted by molar-refractivity contribution is 7.17. The highest BCUT2D eigenvalue weighted by Gasteiger charge is 2.16. The van der Waals surface area contributed by atoms with E-state index in [4.69, 9.17) is 9.47 Å². The summed E-state index contributed by atoms with van der Waals surface area (Å²) in [4.78, 5) is 12.2. The molecule has 0 unspecified atom stereocenters. The number of benzene rings is 2. The van der Waals surface area contributed by atoms with E-state index in [0.29, 0.717) is 0 Å². The summed E-state index contributed by atoms with van der Waals surface area (Å²) < 4.78 is 10.6. The van der Waals surface area contributed by atoms with Gasteiger partial charge in [-0.1, -0.05) is 24.3 Å². The number of hydrogen-bond acceptors (Lipinski definition) is 6. The molecule has 0 amide bonds. The monoisotopic (exact) mass is 391 g/mol. The number of rotatable bonds is 6. The number of hydrogen-bond donors (Lipinski definition) is 0. The molecule has 142 valence electrons. The van der Waals surface area contributed by atoms with Gasteiger partial charge in [-0.2, -0.15) is 0 Å². The van der Waals surface area contributed by atoms with Crippen molar-refractivity contribution in [3.05, 3.63) is 65.8 Å². The summed E-state index contributed by atoms with van der Waals surface area (Å²) in [5.41, 5.74) is 3.42. The lowest BCUT2D eigenvalue weighted by atomic mass is 10.1. The molecule has 0 aliphatic heterocycles. The predicted octanol–water partition coefficient (Wildman–Crippen LogP) is 5.01. The van der Waals surface area contributed by atoms with Crippen molar-refractivity contribution in [2.75, 3.05) is 26.2 Å². The third kappa shape index (κ3) is 3.51. The van der Waals surface area contributed by atoms with Gasteiger partial charge >= 0.3 is 0 Å². The molecular formula is C22H21N3O2S. The number of aromatic nitrogens is 2. The maximum absolute atomic E-state index is 5.34. The van der Waals surface area contributed by atoms with Crippen molar-refractivity contribution in [2.24, 2.45) is 0 Å². The van der Waals surface area contributed by atoms with Crippen LogP contribution >= 0.6 is 11.3 Å². The molecule has 0 fully saturated rings. The minimum absolute atomic E-state index is 0.723. The first-order valence-corrected chi connectivity index (χ1v) is 9.78. The molecule has 4 aromatic rings. The smallest absolute Gasteiger partial charge is 0.141 e. The Balaban J connectivity index is 1.73. The Morgan fingerprint density at radius 1 is 0.964 bits per heavy atom. The summed E-state index contributed by atoms with van der Waals surface area (Å²) in [7, 11) is 5.41. The molecule has 0 bridgehead atoms. The first-order chi connectivity index (χ1) is 13.7. The van der Waals surface area contributed by atoms with Crippen LogP contribution in [-0.4, -0.2) is 31.2 Å². The van der Waals surface area contributed by atoms with Gasteiger partial charge in [0.1, 0.15) is 28.5 Å². The van der Waals surface area contributed by atoms with Crippen LogP contribution in [0.3, 0.4) is 0 Å². The number of thiophene rings is 1. The molecule has 2 aromatic heterocycles. The van der Waals surface area contributed by atoms with Gasteiger partial charge < -0.3 is 14.4 Å². The van der Waals surface area contributed by atoms with Crippen LogP contribution in [0.15, 0.2) is 60.2 Å². The highest BCUT2D eigenvalue weighted by atomic mass is 32.1. The first kappa shape index (κ1) is 18.3. The Morgan fingerprint density at radius 3 is 2.50 bits per heavy atom. The fourth-order valence-electron chi connectivity index (χ4n) is 3.25. The molecule has 0 radical (unpaired) electrons. The van der Waals surface area contributed by atoms with Crippen LogP contribution in [0.1, 0.15) is 5.56 Å². The summed E-state index contributed by atoms with van der Waals surface area (Å²) in [5, 5.41) is 3.22. The van der Waals surface area contributed by atoms with Crippen molar-refractivity contribution in [1.29, 1.82) is 0 Å². The first-order valence-electron chi connectivity index (χ1n) is 8.90. The largest absolute Gasteiger partial charge is 0.497 e. The Morgan fingerprint density at radius 2 is 1.75 bits per heavy atom. The number of methoxy groups -OCH3 is 2. The van der Waals surface area contributed by atoms with E-state index in [1.807, 2.05) is 30.3 Å². The lowest BCUT2D eigenvalue weighted by Crippen LogP contribution is -2.18. The molecule has 4 rings (SSSR count). The van der Waals surface area contributed by atoms with E-state index >= 15 is 0 Å². The van der Waals surface area contributed by atoms with Crippen molar-refractivity contribution in [3.8, 4) is 22.6 Å². The average molecular weight is 391 g/mol. The molecule has 2 aromatic carbocycles. The molecule has 0 atom stereocenters. The van der Waals surface area contributed by atoms with Crippen molar-refractivity contribution in [1.82, 2.24) is 9.97 Å². The minimum Gasteiger partial charge on any atom is -0.497 e. The zero-order valence-electron chi connectivity index (χ0n) is 16.0. The molecule has 5 nitrogen and oxygen atoms in total. The molecule has 0 saturated heterocycles. The Kier molecular flexibility index (Phi) is 5.12. The Labute approximate surface area is 168 Å². The number of anilines is 1. The fourth-order valence-corrected chi connectivity index (χ4v) is 4.16. The van der Waals surface area contributed by atoms with E-state index in [2.05, 4.69) is 45.5 Å². The molecular weight excluding hydrogens is 370 g/mol. The van der Waals surface area contributed by atoms with Crippen molar-refractivity contribution >= 4 is 27.4 Å². The predicted molar refractivity (Wildman–Crippen MR) is 115 cm³/mol. The van der Waals surface area contributed by atoms with Crippen LogP contribution in [-0.2, 0) is 6.54 Å². The molecule has 6 heteroatoms. The second-order valence-corrected chi connectivity index (χ2v) is 7.32. The summed E-state index contributed by atoms with van der Waals surface area (Å²) in [6, 6.07) is 16.2. The summed E-state index contributed by atoms with van der Waals surface area (Å²) in [6.45, 7) is 0.723. The molecule has 0 N–H and O–H groups in total. The second-order valence-electron chi connectivity index (χ2n) is 6.46. The maximum Gasteiger partial charge on any atom is 0.141 e. The number of fused-ring (bicyclic) bond motifs is 1. The highest BCUT2D eigenvalue weighted by Crippen LogP contribution is 2.38. The number of nitrogens with zero attached hydrogens (tertiary/aromatic N) is 3. The lowest BCUT2D eigenvalue weighted by Gasteiger charge is -2.20. The van der Waals surface area contributed by atoms with Crippen LogP contribution in [0.4, 0.5) is 5.82 Å². The van der Waals surface area contributed by atoms with Gasteiger partial charge in [0.25, 0.3) is 0 Å². The van der Waals surface area contributed by atoms with E-state index in [1.54, 1.807) is 31.9 Å². The van der Waals surface area contributed by atoms with Gasteiger partial charge in [-0.05, 0) is 35.4 Å². The van der Waals surface area contributed by atoms with Crippen molar-refractivity contribution in [2.45, 2.75) is 6.54 Å². The molecule has 0 aliphatic rings. The molecule has 28 heavy (non-hydrogen) atoms. The van der Waals surface area contributed by atoms with Crippen LogP contribution in [0.2, 0.25) is 0 Å². The molecule has 0 spiro atoms. The van der Waals surface area contributed by atoms with Gasteiger partial charge in [0.05, 0.1) is 19.6 Å². The van der Waals surface area contributed by atoms with Gasteiger partial charge in [-0.25, -0.2) is 9.97 Å². The average Bonchev–Trinajstić information content (AvgIpc) is 3.18. The van der Waals surface area contributed by atoms with Crippen molar-refractivity contribution < 1.29 is 9.47 Å². The fraction of sp³-hybridized carbons (Fsp3) is 0.182. The second kappa shape index (κ2) is 7.86. The molecule has 0 aliphatic carbocycles. The van der Waals surface area contributed by atoms with Gasteiger partial charge in [0.15, 0.2) is 0 Å². The topological polar surface area (TPSA) is 47.5 Å². The van der Waals surface area contributed by atoms with Gasteiger partial charge in [0.2, 0.25) is 0 Å². The van der Waals surface area contributed by atoms with E-state index in [0.717, 1.165) is 50.8 Å². The van der Waals surface area contributed by atoms with Gasteiger partial charge in [0, 0.05) is 24.5 Å².